The lowest BCUT2D eigenvalue weighted by Gasteiger charge is -2.37. The van der Waals surface area contributed by atoms with Crippen molar-refractivity contribution in [2.24, 2.45) is 0 Å². The van der Waals surface area contributed by atoms with Crippen molar-refractivity contribution in [2.75, 3.05) is 0 Å². The van der Waals surface area contributed by atoms with Crippen molar-refractivity contribution < 1.29 is 14.7 Å². The summed E-state index contributed by atoms with van der Waals surface area (Å²) in [5.74, 6) is -1.14. The number of nitrogens with zero attached hydrogens (tertiary/aromatic N) is 1. The summed E-state index contributed by atoms with van der Waals surface area (Å²) >= 11 is 3.27. The first kappa shape index (κ1) is 15.0. The minimum atomic E-state index is -0.875. The van der Waals surface area contributed by atoms with Gasteiger partial charge >= 0.3 is 5.97 Å². The number of nitrogens with one attached hydrogen (secondary N) is 1. The molecular weight excluding hydrogens is 324 g/mol. The van der Waals surface area contributed by atoms with E-state index in [1.54, 1.807) is 12.3 Å². The van der Waals surface area contributed by atoms with Crippen LogP contribution in [0.4, 0.5) is 0 Å². The highest BCUT2D eigenvalue weighted by Crippen LogP contribution is 2.31. The molecule has 1 heterocycles. The molecule has 6 heteroatoms. The summed E-state index contributed by atoms with van der Waals surface area (Å²) in [5.41, 5.74) is -0.182. The number of amides is 1. The number of pyridine rings is 1. The number of carbonyl (C=O) groups is 2. The number of aromatic nitrogens is 1. The van der Waals surface area contributed by atoms with Crippen LogP contribution in [0.5, 0.6) is 0 Å². The first-order chi connectivity index (χ1) is 9.51. The van der Waals surface area contributed by atoms with Crippen molar-refractivity contribution in [1.82, 2.24) is 10.3 Å². The van der Waals surface area contributed by atoms with Gasteiger partial charge in [0.25, 0.3) is 5.91 Å². The van der Waals surface area contributed by atoms with Crippen LogP contribution < -0.4 is 5.32 Å². The lowest BCUT2D eigenvalue weighted by atomic mass is 9.79. The van der Waals surface area contributed by atoms with E-state index in [9.17, 15) is 9.59 Å². The van der Waals surface area contributed by atoms with Gasteiger partial charge in [-0.1, -0.05) is 19.3 Å². The molecule has 0 unspecified atom stereocenters. The molecule has 5 nitrogen and oxygen atoms in total. The molecule has 2 N–H and O–H groups in total. The molecule has 1 aromatic heterocycles. The highest BCUT2D eigenvalue weighted by molar-refractivity contribution is 9.10. The Morgan fingerprint density at radius 2 is 2.00 bits per heavy atom. The van der Waals surface area contributed by atoms with Gasteiger partial charge in [-0.15, -0.1) is 0 Å². The molecule has 1 aromatic rings. The van der Waals surface area contributed by atoms with Crippen LogP contribution >= 0.6 is 15.9 Å². The third kappa shape index (κ3) is 3.79. The maximum Gasteiger partial charge on any atom is 0.305 e. The smallest absolute Gasteiger partial charge is 0.305 e. The number of carboxylic acid groups (broad SMARTS) is 1. The zero-order valence-electron chi connectivity index (χ0n) is 11.1. The summed E-state index contributed by atoms with van der Waals surface area (Å²) in [7, 11) is 0. The summed E-state index contributed by atoms with van der Waals surface area (Å²) in [6, 6.07) is 1.68. The predicted octanol–water partition coefficient (Wildman–Crippen LogP) is 2.75. The molecular formula is C14H17BrN2O3. The van der Waals surface area contributed by atoms with Crippen molar-refractivity contribution in [3.05, 3.63) is 28.5 Å². The van der Waals surface area contributed by atoms with Crippen molar-refractivity contribution in [1.29, 1.82) is 0 Å². The van der Waals surface area contributed by atoms with Gasteiger partial charge in [0, 0.05) is 16.9 Å². The molecule has 0 atom stereocenters. The summed E-state index contributed by atoms with van der Waals surface area (Å²) in [4.78, 5) is 27.3. The van der Waals surface area contributed by atoms with Crippen LogP contribution in [-0.4, -0.2) is 27.5 Å². The average Bonchev–Trinajstić information content (AvgIpc) is 2.38. The number of hydrogen-bond donors (Lipinski definition) is 2. The second-order valence-corrected chi connectivity index (χ2v) is 6.17. The van der Waals surface area contributed by atoms with Crippen LogP contribution in [0.1, 0.15) is 48.9 Å². The average molecular weight is 341 g/mol. The highest BCUT2D eigenvalue weighted by Gasteiger charge is 2.36. The maximum absolute atomic E-state index is 12.3. The molecule has 0 bridgehead atoms. The Balaban J connectivity index is 2.15. The molecule has 0 spiro atoms. The maximum atomic E-state index is 12.3. The number of carboxylic acids is 1. The molecule has 1 aliphatic carbocycles. The quantitative estimate of drug-likeness (QED) is 0.883. The molecule has 0 saturated heterocycles. The Morgan fingerprint density at radius 3 is 2.60 bits per heavy atom. The minimum absolute atomic E-state index is 0.0276. The summed E-state index contributed by atoms with van der Waals surface area (Å²) in [6.07, 6.45) is 7.48. The summed E-state index contributed by atoms with van der Waals surface area (Å²) in [5, 5.41) is 12.0. The zero-order valence-corrected chi connectivity index (χ0v) is 12.6. The molecule has 1 aliphatic rings. The van der Waals surface area contributed by atoms with Crippen LogP contribution in [0.3, 0.4) is 0 Å². The Morgan fingerprint density at radius 1 is 1.30 bits per heavy atom. The van der Waals surface area contributed by atoms with Crippen molar-refractivity contribution >= 4 is 27.8 Å². The third-order valence-corrected chi connectivity index (χ3v) is 4.08. The fourth-order valence-electron chi connectivity index (χ4n) is 2.71. The molecule has 0 aliphatic heterocycles. The first-order valence-corrected chi connectivity index (χ1v) is 7.45. The van der Waals surface area contributed by atoms with E-state index in [2.05, 4.69) is 26.2 Å². The predicted molar refractivity (Wildman–Crippen MR) is 77.5 cm³/mol. The number of hydrogen-bond acceptors (Lipinski definition) is 3. The van der Waals surface area contributed by atoms with Gasteiger partial charge in [-0.2, -0.15) is 0 Å². The van der Waals surface area contributed by atoms with E-state index < -0.39 is 11.5 Å². The van der Waals surface area contributed by atoms with Crippen molar-refractivity contribution in [3.63, 3.8) is 0 Å². The van der Waals surface area contributed by atoms with E-state index in [-0.39, 0.29) is 12.3 Å². The van der Waals surface area contributed by atoms with E-state index in [4.69, 9.17) is 5.11 Å². The standard InChI is InChI=1S/C14H17BrN2O3/c15-11-6-10(8-16-9-11)13(20)17-14(7-12(18)19)4-2-1-3-5-14/h6,8-9H,1-5,7H2,(H,17,20)(H,18,19). The fourth-order valence-corrected chi connectivity index (χ4v) is 3.08. The Bertz CT molecular complexity index is 513. The largest absolute Gasteiger partial charge is 0.481 e. The molecule has 1 amide bonds. The van der Waals surface area contributed by atoms with Gasteiger partial charge in [0.1, 0.15) is 0 Å². The van der Waals surface area contributed by atoms with Crippen LogP contribution in [0, 0.1) is 0 Å². The van der Waals surface area contributed by atoms with Gasteiger partial charge in [0.15, 0.2) is 0 Å². The topological polar surface area (TPSA) is 79.3 Å². The fraction of sp³-hybridized carbons (Fsp3) is 0.500. The van der Waals surface area contributed by atoms with Gasteiger partial charge < -0.3 is 10.4 Å². The van der Waals surface area contributed by atoms with Crippen LogP contribution in [0.15, 0.2) is 22.9 Å². The zero-order chi connectivity index (χ0) is 14.6. The number of halogens is 1. The van der Waals surface area contributed by atoms with E-state index in [0.717, 1.165) is 23.7 Å². The third-order valence-electron chi connectivity index (χ3n) is 3.65. The first-order valence-electron chi connectivity index (χ1n) is 6.66. The molecule has 1 saturated carbocycles. The summed E-state index contributed by atoms with van der Waals surface area (Å²) < 4.78 is 0.723. The van der Waals surface area contributed by atoms with Crippen LogP contribution in [-0.2, 0) is 4.79 Å². The molecule has 20 heavy (non-hydrogen) atoms. The molecule has 0 aromatic carbocycles. The van der Waals surface area contributed by atoms with E-state index in [1.807, 2.05) is 0 Å². The van der Waals surface area contributed by atoms with Gasteiger partial charge in [0.05, 0.1) is 17.5 Å². The number of aliphatic carboxylic acids is 1. The molecule has 0 radical (unpaired) electrons. The Labute approximate surface area is 125 Å². The van der Waals surface area contributed by atoms with Gasteiger partial charge in [-0.3, -0.25) is 14.6 Å². The Hall–Kier alpha value is -1.43. The highest BCUT2D eigenvalue weighted by atomic mass is 79.9. The molecule has 108 valence electrons. The SMILES string of the molecule is O=C(O)CC1(NC(=O)c2cncc(Br)c2)CCCCC1. The van der Waals surface area contributed by atoms with E-state index in [1.165, 1.54) is 6.20 Å². The van der Waals surface area contributed by atoms with Crippen molar-refractivity contribution in [2.45, 2.75) is 44.1 Å². The van der Waals surface area contributed by atoms with Crippen LogP contribution in [0.25, 0.3) is 0 Å². The van der Waals surface area contributed by atoms with E-state index >= 15 is 0 Å². The van der Waals surface area contributed by atoms with Crippen molar-refractivity contribution in [3.8, 4) is 0 Å². The van der Waals surface area contributed by atoms with Gasteiger partial charge in [-0.25, -0.2) is 0 Å². The molecule has 2 rings (SSSR count). The lowest BCUT2D eigenvalue weighted by Crippen LogP contribution is -2.51. The van der Waals surface area contributed by atoms with Crippen LogP contribution in [0.2, 0.25) is 0 Å². The van der Waals surface area contributed by atoms with Gasteiger partial charge in [0.2, 0.25) is 0 Å². The normalized spacial score (nSPS) is 17.4. The minimum Gasteiger partial charge on any atom is -0.481 e. The summed E-state index contributed by atoms with van der Waals surface area (Å²) in [6.45, 7) is 0. The van der Waals surface area contributed by atoms with E-state index in [0.29, 0.717) is 18.4 Å². The van der Waals surface area contributed by atoms with Gasteiger partial charge in [-0.05, 0) is 34.8 Å². The monoisotopic (exact) mass is 340 g/mol. The molecule has 1 fully saturated rings. The second kappa shape index (κ2) is 6.35. The second-order valence-electron chi connectivity index (χ2n) is 5.26. The Kier molecular flexibility index (Phi) is 4.75. The lowest BCUT2D eigenvalue weighted by molar-refractivity contribution is -0.139. The number of carbonyl (C=O) groups excluding carboxylic acids is 1. The number of rotatable bonds is 4.